The summed E-state index contributed by atoms with van der Waals surface area (Å²) in [6.07, 6.45) is 0.465. The average Bonchev–Trinajstić information content (AvgIpc) is 1.72. The average molecular weight is 123 g/mol. The predicted octanol–water partition coefficient (Wildman–Crippen LogP) is -0.0422. The minimum absolute atomic E-state index is 0.194. The van der Waals surface area contributed by atoms with Crippen LogP contribution in [-0.4, -0.2) is 18.1 Å². The molecule has 0 rings (SSSR count). The van der Waals surface area contributed by atoms with Gasteiger partial charge >= 0.3 is 0 Å². The first-order chi connectivity index (χ1) is 3.35. The van der Waals surface area contributed by atoms with Gasteiger partial charge in [-0.15, -0.1) is 10.0 Å². The van der Waals surface area contributed by atoms with Crippen molar-refractivity contribution < 1.29 is 9.28 Å². The van der Waals surface area contributed by atoms with Gasteiger partial charge in [0.2, 0.25) is 0 Å². The van der Waals surface area contributed by atoms with E-state index in [0.717, 1.165) is 0 Å². The first-order valence-corrected chi connectivity index (χ1v) is 2.40. The second kappa shape index (κ2) is 4.08. The van der Waals surface area contributed by atoms with Crippen LogP contribution in [0.2, 0.25) is 0 Å². The van der Waals surface area contributed by atoms with Gasteiger partial charge in [-0.2, -0.15) is 12.6 Å². The van der Waals surface area contributed by atoms with Crippen molar-refractivity contribution in [2.45, 2.75) is 6.04 Å². The molecule has 0 unspecified atom stereocenters. The molecule has 0 saturated carbocycles. The molecule has 0 aliphatic carbocycles. The molecule has 0 aliphatic rings. The second-order valence-electron chi connectivity index (χ2n) is 1.03. The molecule has 1 atom stereocenters. The summed E-state index contributed by atoms with van der Waals surface area (Å²) >= 11 is 3.64. The molecule has 0 aliphatic heterocycles. The Labute approximate surface area is 46.4 Å². The van der Waals surface area contributed by atoms with E-state index < -0.39 is 6.04 Å². The van der Waals surface area contributed by atoms with E-state index in [1.54, 1.807) is 0 Å². The highest BCUT2D eigenvalue weighted by Gasteiger charge is 1.99. The Bertz CT molecular complexity index is 56.9. The topological polar surface area (TPSA) is 29.1 Å². The standard InChI is InChI=1S/C3H6FNOS/c4-5-3(1-6)2-7/h1,3,5,7H,2H2/t3-/m1/s1. The van der Waals surface area contributed by atoms with Crippen LogP contribution in [-0.2, 0) is 4.79 Å². The van der Waals surface area contributed by atoms with Crippen molar-refractivity contribution in [2.24, 2.45) is 0 Å². The van der Waals surface area contributed by atoms with Crippen molar-refractivity contribution in [2.75, 3.05) is 5.75 Å². The summed E-state index contributed by atoms with van der Waals surface area (Å²) in [5.41, 5.74) is 1.26. The molecule has 1 N–H and O–H groups in total. The number of halogens is 1. The summed E-state index contributed by atoms with van der Waals surface area (Å²) in [5, 5.41) is 0. The number of aldehydes is 1. The first-order valence-electron chi connectivity index (χ1n) is 1.77. The normalized spacial score (nSPS) is 13.4. The number of carbonyl (C=O) groups is 1. The highest BCUT2D eigenvalue weighted by atomic mass is 32.1. The van der Waals surface area contributed by atoms with Gasteiger partial charge in [0.25, 0.3) is 0 Å². The molecule has 0 amide bonds. The fraction of sp³-hybridized carbons (Fsp3) is 0.667. The number of hydrogen-bond acceptors (Lipinski definition) is 3. The minimum atomic E-state index is -0.747. The lowest BCUT2D eigenvalue weighted by Gasteiger charge is -1.96. The van der Waals surface area contributed by atoms with Crippen LogP contribution < -0.4 is 5.54 Å². The van der Waals surface area contributed by atoms with E-state index in [1.165, 1.54) is 5.54 Å². The fourth-order valence-electron chi connectivity index (χ4n) is 0.103. The quantitative estimate of drug-likeness (QED) is 0.313. The van der Waals surface area contributed by atoms with E-state index in [4.69, 9.17) is 0 Å². The number of rotatable bonds is 3. The maximum atomic E-state index is 11.1. The van der Waals surface area contributed by atoms with E-state index in [1.807, 2.05) is 0 Å². The molecule has 0 radical (unpaired) electrons. The highest BCUT2D eigenvalue weighted by Crippen LogP contribution is 1.80. The summed E-state index contributed by atoms with van der Waals surface area (Å²) in [6, 6.07) is -0.747. The summed E-state index contributed by atoms with van der Waals surface area (Å²) < 4.78 is 11.1. The molecular formula is C3H6FNOS. The fourth-order valence-corrected chi connectivity index (χ4v) is 0.258. The van der Waals surface area contributed by atoms with Crippen LogP contribution in [0, 0.1) is 0 Å². The Balaban J connectivity index is 3.16. The van der Waals surface area contributed by atoms with Crippen molar-refractivity contribution in [3.63, 3.8) is 0 Å². The molecule has 0 aromatic rings. The molecule has 42 valence electrons. The lowest BCUT2D eigenvalue weighted by Crippen LogP contribution is -2.24. The third-order valence-corrected chi connectivity index (χ3v) is 0.895. The Hall–Kier alpha value is -0.0900. The van der Waals surface area contributed by atoms with Crippen LogP contribution >= 0.6 is 12.6 Å². The number of carbonyl (C=O) groups excluding carboxylic acids is 1. The molecule has 0 bridgehead atoms. The van der Waals surface area contributed by atoms with Gasteiger partial charge < -0.3 is 4.79 Å². The first kappa shape index (κ1) is 6.91. The van der Waals surface area contributed by atoms with Crippen LogP contribution in [0.15, 0.2) is 0 Å². The summed E-state index contributed by atoms with van der Waals surface area (Å²) in [6.45, 7) is 0. The third kappa shape index (κ3) is 2.59. The lowest BCUT2D eigenvalue weighted by atomic mass is 10.4. The van der Waals surface area contributed by atoms with Crippen LogP contribution in [0.4, 0.5) is 4.48 Å². The van der Waals surface area contributed by atoms with Crippen molar-refractivity contribution in [3.05, 3.63) is 0 Å². The maximum absolute atomic E-state index is 11.1. The summed E-state index contributed by atoms with van der Waals surface area (Å²) in [4.78, 5) is 9.62. The van der Waals surface area contributed by atoms with Crippen molar-refractivity contribution in [3.8, 4) is 0 Å². The molecule has 7 heavy (non-hydrogen) atoms. The van der Waals surface area contributed by atoms with E-state index >= 15 is 0 Å². The highest BCUT2D eigenvalue weighted by molar-refractivity contribution is 7.80. The third-order valence-electron chi connectivity index (χ3n) is 0.501. The van der Waals surface area contributed by atoms with E-state index in [-0.39, 0.29) is 5.75 Å². The van der Waals surface area contributed by atoms with Gasteiger partial charge in [-0.25, -0.2) is 0 Å². The second-order valence-corrected chi connectivity index (χ2v) is 1.40. The van der Waals surface area contributed by atoms with Crippen molar-refractivity contribution >= 4 is 18.9 Å². The molecule has 0 fully saturated rings. The minimum Gasteiger partial charge on any atom is -0.301 e. The largest absolute Gasteiger partial charge is 0.301 e. The van der Waals surface area contributed by atoms with E-state index in [0.29, 0.717) is 6.29 Å². The monoisotopic (exact) mass is 123 g/mol. The van der Waals surface area contributed by atoms with Gasteiger partial charge in [-0.1, -0.05) is 0 Å². The summed E-state index contributed by atoms with van der Waals surface area (Å²) in [7, 11) is 0. The van der Waals surface area contributed by atoms with Gasteiger partial charge in [0, 0.05) is 5.75 Å². The zero-order chi connectivity index (χ0) is 5.70. The number of nitrogens with one attached hydrogen (secondary N) is 1. The molecule has 0 aromatic carbocycles. The van der Waals surface area contributed by atoms with Gasteiger partial charge in [0.15, 0.2) is 0 Å². The van der Waals surface area contributed by atoms with E-state index in [9.17, 15) is 9.28 Å². The van der Waals surface area contributed by atoms with Gasteiger partial charge in [0.1, 0.15) is 12.3 Å². The van der Waals surface area contributed by atoms with Crippen LogP contribution in [0.25, 0.3) is 0 Å². The molecule has 0 spiro atoms. The zero-order valence-electron chi connectivity index (χ0n) is 3.60. The van der Waals surface area contributed by atoms with E-state index in [2.05, 4.69) is 12.6 Å². The zero-order valence-corrected chi connectivity index (χ0v) is 4.49. The van der Waals surface area contributed by atoms with Gasteiger partial charge in [0.05, 0.1) is 0 Å². The maximum Gasteiger partial charge on any atom is 0.140 e. The molecule has 2 nitrogen and oxygen atoms in total. The Morgan fingerprint density at radius 3 is 2.57 bits per heavy atom. The van der Waals surface area contributed by atoms with Crippen molar-refractivity contribution in [1.82, 2.24) is 5.54 Å². The summed E-state index contributed by atoms with van der Waals surface area (Å²) in [5.74, 6) is 0.194. The molecule has 0 saturated heterocycles. The van der Waals surface area contributed by atoms with Crippen LogP contribution in [0.1, 0.15) is 0 Å². The smallest absolute Gasteiger partial charge is 0.140 e. The molecule has 4 heteroatoms. The Morgan fingerprint density at radius 2 is 2.57 bits per heavy atom. The molecule has 0 aromatic heterocycles. The number of thiol groups is 1. The Kier molecular flexibility index (Phi) is 4.03. The SMILES string of the molecule is O=C[C@H](CS)NF. The van der Waals surface area contributed by atoms with Gasteiger partial charge in [-0.3, -0.25) is 0 Å². The molecular weight excluding hydrogens is 117 g/mol. The predicted molar refractivity (Wildman–Crippen MR) is 27.9 cm³/mol. The van der Waals surface area contributed by atoms with Crippen LogP contribution in [0.5, 0.6) is 0 Å². The van der Waals surface area contributed by atoms with Gasteiger partial charge in [-0.05, 0) is 0 Å². The van der Waals surface area contributed by atoms with Crippen molar-refractivity contribution in [1.29, 1.82) is 0 Å². The lowest BCUT2D eigenvalue weighted by molar-refractivity contribution is -0.110. The Morgan fingerprint density at radius 1 is 2.00 bits per heavy atom. The van der Waals surface area contributed by atoms with Crippen LogP contribution in [0.3, 0.4) is 0 Å². The molecule has 0 heterocycles. The number of hydrogen-bond donors (Lipinski definition) is 2.